The van der Waals surface area contributed by atoms with Gasteiger partial charge < -0.3 is 5.32 Å². The Morgan fingerprint density at radius 1 is 1.00 bits per heavy atom. The van der Waals surface area contributed by atoms with Gasteiger partial charge in [-0.05, 0) is 47.2 Å². The Morgan fingerprint density at radius 2 is 1.67 bits per heavy atom. The summed E-state index contributed by atoms with van der Waals surface area (Å²) in [6, 6.07) is 13.5. The molecule has 0 spiro atoms. The van der Waals surface area contributed by atoms with Gasteiger partial charge in [0.05, 0.1) is 0 Å². The van der Waals surface area contributed by atoms with E-state index in [9.17, 15) is 0 Å². The van der Waals surface area contributed by atoms with E-state index >= 15 is 0 Å². The summed E-state index contributed by atoms with van der Waals surface area (Å²) in [5.74, 6) is 1.25. The Morgan fingerprint density at radius 3 is 2.29 bits per heavy atom. The molecule has 21 heavy (non-hydrogen) atoms. The van der Waals surface area contributed by atoms with Crippen LogP contribution >= 0.6 is 15.9 Å². The minimum Gasteiger partial charge on any atom is -0.310 e. The average Bonchev–Trinajstić information content (AvgIpc) is 2.49. The highest BCUT2D eigenvalue weighted by atomic mass is 79.9. The summed E-state index contributed by atoms with van der Waals surface area (Å²) in [7, 11) is 0. The molecule has 0 saturated carbocycles. The second-order valence-electron chi connectivity index (χ2n) is 6.22. The van der Waals surface area contributed by atoms with Gasteiger partial charge in [0.1, 0.15) is 0 Å². The Labute approximate surface area is 137 Å². The first-order valence-corrected chi connectivity index (χ1v) is 8.76. The van der Waals surface area contributed by atoms with Crippen LogP contribution in [0.2, 0.25) is 0 Å². The van der Waals surface area contributed by atoms with Crippen molar-refractivity contribution in [3.8, 4) is 0 Å². The van der Waals surface area contributed by atoms with Gasteiger partial charge in [0.15, 0.2) is 0 Å². The zero-order chi connectivity index (χ0) is 15.4. The van der Waals surface area contributed by atoms with Crippen molar-refractivity contribution in [2.45, 2.75) is 40.2 Å². The van der Waals surface area contributed by atoms with Crippen LogP contribution in [-0.2, 0) is 0 Å². The maximum atomic E-state index is 3.76. The number of benzene rings is 2. The summed E-state index contributed by atoms with van der Waals surface area (Å²) in [6.45, 7) is 10.3. The van der Waals surface area contributed by atoms with Crippen molar-refractivity contribution in [3.63, 3.8) is 0 Å². The van der Waals surface area contributed by atoms with Crippen molar-refractivity contribution in [1.29, 1.82) is 0 Å². The van der Waals surface area contributed by atoms with Crippen molar-refractivity contribution < 1.29 is 0 Å². The van der Waals surface area contributed by atoms with Gasteiger partial charge in [0.2, 0.25) is 0 Å². The molecule has 2 aromatic rings. The van der Waals surface area contributed by atoms with E-state index in [2.05, 4.69) is 85.3 Å². The highest BCUT2D eigenvalue weighted by molar-refractivity contribution is 9.10. The Balaban J connectivity index is 2.51. The van der Waals surface area contributed by atoms with E-state index in [0.717, 1.165) is 13.0 Å². The highest BCUT2D eigenvalue weighted by Crippen LogP contribution is 2.35. The molecule has 0 amide bonds. The van der Waals surface area contributed by atoms with Crippen LogP contribution in [0.15, 0.2) is 40.9 Å². The first kappa shape index (κ1) is 16.5. The standard InChI is InChI=1S/C19H26BrN/c1-5-12-21-19(14(4)13(2)3)17-10-11-18(20)16-9-7-6-8-15(16)17/h6-11,13-14,19,21H,5,12H2,1-4H3. The molecule has 2 heteroatoms. The van der Waals surface area contributed by atoms with Crippen LogP contribution < -0.4 is 5.32 Å². The predicted octanol–water partition coefficient (Wildman–Crippen LogP) is 5.94. The first-order valence-electron chi connectivity index (χ1n) is 7.96. The minimum atomic E-state index is 0.406. The molecule has 0 aliphatic heterocycles. The van der Waals surface area contributed by atoms with E-state index < -0.39 is 0 Å². The molecule has 0 aliphatic carbocycles. The molecule has 0 saturated heterocycles. The topological polar surface area (TPSA) is 12.0 Å². The van der Waals surface area contributed by atoms with E-state index in [1.54, 1.807) is 0 Å². The molecule has 2 rings (SSSR count). The molecule has 2 atom stereocenters. The molecule has 0 heterocycles. The summed E-state index contributed by atoms with van der Waals surface area (Å²) in [5, 5.41) is 6.42. The molecule has 0 bridgehead atoms. The van der Waals surface area contributed by atoms with Crippen LogP contribution in [0.25, 0.3) is 10.8 Å². The zero-order valence-electron chi connectivity index (χ0n) is 13.5. The van der Waals surface area contributed by atoms with Gasteiger partial charge in [-0.1, -0.05) is 74.0 Å². The number of fused-ring (bicyclic) bond motifs is 1. The summed E-state index contributed by atoms with van der Waals surface area (Å²) < 4.78 is 1.17. The Kier molecular flexibility index (Phi) is 5.83. The van der Waals surface area contributed by atoms with Crippen LogP contribution in [0.4, 0.5) is 0 Å². The van der Waals surface area contributed by atoms with Crippen molar-refractivity contribution in [2.24, 2.45) is 11.8 Å². The van der Waals surface area contributed by atoms with E-state index in [4.69, 9.17) is 0 Å². The maximum Gasteiger partial charge on any atom is 0.0354 e. The molecule has 0 aliphatic rings. The van der Waals surface area contributed by atoms with E-state index in [0.29, 0.717) is 17.9 Å². The molecule has 2 aromatic carbocycles. The monoisotopic (exact) mass is 347 g/mol. The van der Waals surface area contributed by atoms with Crippen LogP contribution in [0.3, 0.4) is 0 Å². The summed E-state index contributed by atoms with van der Waals surface area (Å²) in [6.07, 6.45) is 1.16. The lowest BCUT2D eigenvalue weighted by molar-refractivity contribution is 0.305. The molecule has 0 aromatic heterocycles. The van der Waals surface area contributed by atoms with E-state index in [-0.39, 0.29) is 0 Å². The summed E-state index contributed by atoms with van der Waals surface area (Å²) in [5.41, 5.74) is 1.42. The quantitative estimate of drug-likeness (QED) is 0.682. The fourth-order valence-corrected chi connectivity index (χ4v) is 3.30. The van der Waals surface area contributed by atoms with Crippen molar-refractivity contribution in [3.05, 3.63) is 46.4 Å². The van der Waals surface area contributed by atoms with Crippen LogP contribution in [-0.4, -0.2) is 6.54 Å². The van der Waals surface area contributed by atoms with Gasteiger partial charge in [-0.15, -0.1) is 0 Å². The highest BCUT2D eigenvalue weighted by Gasteiger charge is 2.23. The lowest BCUT2D eigenvalue weighted by atomic mass is 9.84. The molecule has 1 N–H and O–H groups in total. The zero-order valence-corrected chi connectivity index (χ0v) is 15.1. The van der Waals surface area contributed by atoms with Gasteiger partial charge in [0.25, 0.3) is 0 Å². The van der Waals surface area contributed by atoms with Crippen molar-refractivity contribution in [1.82, 2.24) is 5.32 Å². The van der Waals surface area contributed by atoms with Gasteiger partial charge >= 0.3 is 0 Å². The second kappa shape index (κ2) is 7.42. The van der Waals surface area contributed by atoms with Crippen LogP contribution in [0, 0.1) is 11.8 Å². The fraction of sp³-hybridized carbons (Fsp3) is 0.474. The van der Waals surface area contributed by atoms with Crippen LogP contribution in [0.5, 0.6) is 0 Å². The predicted molar refractivity (Wildman–Crippen MR) is 96.7 cm³/mol. The lowest BCUT2D eigenvalue weighted by Crippen LogP contribution is -2.30. The lowest BCUT2D eigenvalue weighted by Gasteiger charge is -2.29. The third-order valence-corrected chi connectivity index (χ3v) is 5.12. The van der Waals surface area contributed by atoms with Gasteiger partial charge in [-0.25, -0.2) is 0 Å². The SMILES string of the molecule is CCCNC(c1ccc(Br)c2ccccc12)C(C)C(C)C. The smallest absolute Gasteiger partial charge is 0.0354 e. The van der Waals surface area contributed by atoms with Gasteiger partial charge in [0, 0.05) is 10.5 Å². The number of hydrogen-bond donors (Lipinski definition) is 1. The molecule has 2 unspecified atom stereocenters. The number of rotatable bonds is 6. The average molecular weight is 348 g/mol. The Hall–Kier alpha value is -0.860. The molecule has 0 radical (unpaired) electrons. The molecule has 1 nitrogen and oxygen atoms in total. The summed E-state index contributed by atoms with van der Waals surface area (Å²) >= 11 is 3.68. The van der Waals surface area contributed by atoms with Crippen LogP contribution in [0.1, 0.15) is 45.7 Å². The van der Waals surface area contributed by atoms with E-state index in [1.807, 2.05) is 0 Å². The third-order valence-electron chi connectivity index (χ3n) is 4.43. The first-order chi connectivity index (χ1) is 10.1. The third kappa shape index (κ3) is 3.67. The molecule has 0 fully saturated rings. The van der Waals surface area contributed by atoms with E-state index in [1.165, 1.54) is 20.8 Å². The summed E-state index contributed by atoms with van der Waals surface area (Å²) in [4.78, 5) is 0. The molecule has 114 valence electrons. The minimum absolute atomic E-state index is 0.406. The molecular formula is C19H26BrN. The number of nitrogens with one attached hydrogen (secondary N) is 1. The van der Waals surface area contributed by atoms with Crippen molar-refractivity contribution >= 4 is 26.7 Å². The van der Waals surface area contributed by atoms with Crippen molar-refractivity contribution in [2.75, 3.05) is 6.54 Å². The largest absolute Gasteiger partial charge is 0.310 e. The maximum absolute atomic E-state index is 3.76. The second-order valence-corrected chi connectivity index (χ2v) is 7.07. The fourth-order valence-electron chi connectivity index (χ4n) is 2.82. The molecular weight excluding hydrogens is 322 g/mol. The number of halogens is 1. The van der Waals surface area contributed by atoms with Gasteiger partial charge in [-0.2, -0.15) is 0 Å². The normalized spacial score (nSPS) is 14.6. The Bertz CT molecular complexity index is 591. The number of hydrogen-bond acceptors (Lipinski definition) is 1. The van der Waals surface area contributed by atoms with Gasteiger partial charge in [-0.3, -0.25) is 0 Å².